The first kappa shape index (κ1) is 13.6. The van der Waals surface area contributed by atoms with Gasteiger partial charge in [-0.15, -0.1) is 0 Å². The molecular weight excluding hydrogens is 294 g/mol. The monoisotopic (exact) mass is 313 g/mol. The average Bonchev–Trinajstić information content (AvgIpc) is 2.90. The van der Waals surface area contributed by atoms with Crippen molar-refractivity contribution in [1.29, 1.82) is 0 Å². The zero-order valence-electron chi connectivity index (χ0n) is 13.2. The normalized spacial score (nSPS) is 39.9. The van der Waals surface area contributed by atoms with Gasteiger partial charge in [-0.3, -0.25) is 9.69 Å². The largest absolute Gasteiger partial charge is 0.493 e. The lowest BCUT2D eigenvalue weighted by Gasteiger charge is -2.60. The molecule has 0 radical (unpaired) electrons. The minimum Gasteiger partial charge on any atom is -0.493 e. The van der Waals surface area contributed by atoms with E-state index in [2.05, 4.69) is 11.0 Å². The molecule has 5 heteroatoms. The highest BCUT2D eigenvalue weighted by Crippen LogP contribution is 2.63. The maximum absolute atomic E-state index is 12.6. The molecule has 2 aliphatic heterocycles. The predicted molar refractivity (Wildman–Crippen MR) is 82.9 cm³/mol. The van der Waals surface area contributed by atoms with Crippen LogP contribution in [-0.2, 0) is 16.6 Å². The highest BCUT2D eigenvalue weighted by atomic mass is 16.5. The maximum atomic E-state index is 12.6. The minimum absolute atomic E-state index is 0.0430. The molecule has 0 unspecified atom stereocenters. The molecule has 120 valence electrons. The number of carbonyl (C=O) groups is 1. The lowest BCUT2D eigenvalue weighted by Crippen LogP contribution is -2.74. The Kier molecular flexibility index (Phi) is 2.34. The summed E-state index contributed by atoms with van der Waals surface area (Å²) < 4.78 is 11.6. The van der Waals surface area contributed by atoms with Crippen molar-refractivity contribution in [3.8, 4) is 11.5 Å². The smallest absolute Gasteiger partial charge is 0.196 e. The summed E-state index contributed by atoms with van der Waals surface area (Å²) in [6.07, 6.45) is 4.00. The number of benzene rings is 1. The second-order valence-electron chi connectivity index (χ2n) is 7.11. The molecule has 0 aromatic heterocycles. The van der Waals surface area contributed by atoms with Gasteiger partial charge >= 0.3 is 0 Å². The highest BCUT2D eigenvalue weighted by Gasteiger charge is 2.71. The Morgan fingerprint density at radius 1 is 1.43 bits per heavy atom. The van der Waals surface area contributed by atoms with Crippen LogP contribution in [0.1, 0.15) is 17.5 Å². The standard InChI is InChI=1S/C18H19NO4/c1-19-8-7-17-14-10-3-4-12(22-2)15(14)23-16(17)11(20)5-6-18(17,21)13(19)9-10/h3-6,13,16,21H,7-9H2,1-2H3/t13-,16-,17+,18-/m1/s1. The third-order valence-electron chi connectivity index (χ3n) is 6.34. The Hall–Kier alpha value is -1.85. The SMILES string of the molecule is COc1ccc2c3c1O[C@@H]1C(=O)C=C[C@@]4(O)[C@@H](C2)N(C)CC[C@]314. The van der Waals surface area contributed by atoms with Crippen LogP contribution in [0.15, 0.2) is 24.3 Å². The lowest BCUT2D eigenvalue weighted by molar-refractivity contribution is -0.151. The van der Waals surface area contributed by atoms with Crippen molar-refractivity contribution in [3.63, 3.8) is 0 Å². The Morgan fingerprint density at radius 2 is 2.26 bits per heavy atom. The van der Waals surface area contributed by atoms with Crippen LogP contribution in [-0.4, -0.2) is 54.2 Å². The van der Waals surface area contributed by atoms with Gasteiger partial charge in [-0.1, -0.05) is 6.07 Å². The van der Waals surface area contributed by atoms with E-state index in [4.69, 9.17) is 9.47 Å². The number of likely N-dealkylation sites (tertiary alicyclic amines) is 1. The van der Waals surface area contributed by atoms with E-state index in [-0.39, 0.29) is 11.8 Å². The fraction of sp³-hybridized carbons (Fsp3) is 0.500. The molecule has 1 N–H and O–H groups in total. The van der Waals surface area contributed by atoms with Crippen molar-refractivity contribution in [3.05, 3.63) is 35.4 Å². The van der Waals surface area contributed by atoms with E-state index in [1.54, 1.807) is 13.2 Å². The quantitative estimate of drug-likeness (QED) is 0.832. The van der Waals surface area contributed by atoms with Crippen LogP contribution in [0.25, 0.3) is 0 Å². The van der Waals surface area contributed by atoms with Crippen molar-refractivity contribution < 1.29 is 19.4 Å². The topological polar surface area (TPSA) is 59.0 Å². The minimum atomic E-state index is -1.08. The first-order chi connectivity index (χ1) is 11.0. The zero-order valence-corrected chi connectivity index (χ0v) is 13.2. The third kappa shape index (κ3) is 1.28. The van der Waals surface area contributed by atoms with Crippen LogP contribution in [0.5, 0.6) is 11.5 Å². The second kappa shape index (κ2) is 3.97. The number of likely N-dealkylation sites (N-methyl/N-ethyl adjacent to an activating group) is 1. The molecule has 23 heavy (non-hydrogen) atoms. The number of carbonyl (C=O) groups excluding carboxylic acids is 1. The molecule has 4 aliphatic rings. The number of methoxy groups -OCH3 is 1. The number of piperidine rings is 1. The molecule has 2 heterocycles. The Bertz CT molecular complexity index is 773. The van der Waals surface area contributed by atoms with Gasteiger partial charge in [0.1, 0.15) is 5.60 Å². The van der Waals surface area contributed by atoms with Gasteiger partial charge in [0, 0.05) is 11.6 Å². The van der Waals surface area contributed by atoms with Crippen molar-refractivity contribution in [2.75, 3.05) is 20.7 Å². The summed E-state index contributed by atoms with van der Waals surface area (Å²) in [5, 5.41) is 11.7. The Balaban J connectivity index is 1.89. The maximum Gasteiger partial charge on any atom is 0.196 e. The van der Waals surface area contributed by atoms with E-state index in [0.717, 1.165) is 24.1 Å². The molecule has 2 aliphatic carbocycles. The molecule has 5 nitrogen and oxygen atoms in total. The summed E-state index contributed by atoms with van der Waals surface area (Å²) in [5.41, 5.74) is 0.385. The van der Waals surface area contributed by atoms with Crippen LogP contribution in [0, 0.1) is 0 Å². The average molecular weight is 313 g/mol. The van der Waals surface area contributed by atoms with Gasteiger partial charge in [-0.2, -0.15) is 0 Å². The molecule has 4 atom stereocenters. The van der Waals surface area contributed by atoms with E-state index in [1.165, 1.54) is 6.08 Å². The second-order valence-corrected chi connectivity index (χ2v) is 7.11. The Morgan fingerprint density at radius 3 is 3.04 bits per heavy atom. The number of hydrogen-bond donors (Lipinski definition) is 1. The van der Waals surface area contributed by atoms with Crippen molar-refractivity contribution >= 4 is 5.78 Å². The summed E-state index contributed by atoms with van der Waals surface area (Å²) in [6, 6.07) is 3.92. The first-order valence-corrected chi connectivity index (χ1v) is 8.05. The van der Waals surface area contributed by atoms with E-state index in [1.807, 2.05) is 13.1 Å². The lowest BCUT2D eigenvalue weighted by atomic mass is 9.51. The predicted octanol–water partition coefficient (Wildman–Crippen LogP) is 0.824. The molecule has 0 saturated carbocycles. The van der Waals surface area contributed by atoms with Crippen LogP contribution in [0.4, 0.5) is 0 Å². The molecular formula is C18H19NO4. The zero-order chi connectivity index (χ0) is 16.0. The van der Waals surface area contributed by atoms with Crippen LogP contribution >= 0.6 is 0 Å². The number of aliphatic hydroxyl groups is 1. The molecule has 1 saturated heterocycles. The number of rotatable bonds is 1. The fourth-order valence-electron chi connectivity index (χ4n) is 5.28. The summed E-state index contributed by atoms with van der Waals surface area (Å²) in [5.74, 6) is 1.22. The highest BCUT2D eigenvalue weighted by molar-refractivity contribution is 5.99. The van der Waals surface area contributed by atoms with Crippen LogP contribution < -0.4 is 9.47 Å². The van der Waals surface area contributed by atoms with Gasteiger partial charge in [0.15, 0.2) is 23.4 Å². The molecule has 0 amide bonds. The molecule has 1 aromatic carbocycles. The summed E-state index contributed by atoms with van der Waals surface area (Å²) in [4.78, 5) is 14.8. The number of ketones is 1. The van der Waals surface area contributed by atoms with E-state index in [9.17, 15) is 9.90 Å². The van der Waals surface area contributed by atoms with Gasteiger partial charge in [0.2, 0.25) is 0 Å². The summed E-state index contributed by atoms with van der Waals surface area (Å²) >= 11 is 0. The summed E-state index contributed by atoms with van der Waals surface area (Å²) in [6.45, 7) is 0.837. The number of hydrogen-bond acceptors (Lipinski definition) is 5. The van der Waals surface area contributed by atoms with Gasteiger partial charge in [-0.05, 0) is 50.2 Å². The van der Waals surface area contributed by atoms with E-state index in [0.29, 0.717) is 17.9 Å². The van der Waals surface area contributed by atoms with Gasteiger partial charge in [-0.25, -0.2) is 0 Å². The molecule has 1 fully saturated rings. The van der Waals surface area contributed by atoms with Crippen LogP contribution in [0.3, 0.4) is 0 Å². The first-order valence-electron chi connectivity index (χ1n) is 8.05. The summed E-state index contributed by atoms with van der Waals surface area (Å²) in [7, 11) is 3.65. The molecule has 1 spiro atoms. The molecule has 2 bridgehead atoms. The molecule has 1 aromatic rings. The Labute approximate surface area is 134 Å². The third-order valence-corrected chi connectivity index (χ3v) is 6.34. The van der Waals surface area contributed by atoms with Gasteiger partial charge in [0.25, 0.3) is 0 Å². The number of nitrogens with zero attached hydrogens (tertiary/aromatic N) is 1. The molecule has 5 rings (SSSR count). The van der Waals surface area contributed by atoms with E-state index < -0.39 is 17.1 Å². The number of ether oxygens (including phenoxy) is 2. The van der Waals surface area contributed by atoms with Crippen LogP contribution in [0.2, 0.25) is 0 Å². The fourth-order valence-corrected chi connectivity index (χ4v) is 5.28. The van der Waals surface area contributed by atoms with Crippen molar-refractivity contribution in [2.45, 2.75) is 36.0 Å². The van der Waals surface area contributed by atoms with Gasteiger partial charge in [0.05, 0.1) is 12.5 Å². The van der Waals surface area contributed by atoms with Crippen molar-refractivity contribution in [1.82, 2.24) is 4.90 Å². The van der Waals surface area contributed by atoms with Crippen molar-refractivity contribution in [2.24, 2.45) is 0 Å². The van der Waals surface area contributed by atoms with E-state index >= 15 is 0 Å². The van der Waals surface area contributed by atoms with Gasteiger partial charge < -0.3 is 14.6 Å².